The van der Waals surface area contributed by atoms with Crippen LogP contribution in [0.25, 0.3) is 0 Å². The summed E-state index contributed by atoms with van der Waals surface area (Å²) in [5.41, 5.74) is 1.96. The molecule has 0 aromatic heterocycles. The quantitative estimate of drug-likeness (QED) is 0.487. The molecule has 1 aliphatic rings. The second kappa shape index (κ2) is 10.4. The van der Waals surface area contributed by atoms with E-state index in [0.717, 1.165) is 30.4 Å². The maximum Gasteiger partial charge on any atom is 0.0795 e. The van der Waals surface area contributed by atoms with Crippen molar-refractivity contribution in [3.05, 3.63) is 36.5 Å². The SMILES string of the molecule is C=C(C)CC=CC1OC(C)(CC(=C)C(C)CC(O)CC(O)CO)CC1C. The van der Waals surface area contributed by atoms with Crippen molar-refractivity contribution in [2.75, 3.05) is 6.61 Å². The molecule has 0 radical (unpaired) electrons. The average Bonchev–Trinajstić information content (AvgIpc) is 2.80. The predicted octanol–water partition coefficient (Wildman–Crippen LogP) is 3.77. The van der Waals surface area contributed by atoms with Crippen LogP contribution < -0.4 is 0 Å². The molecule has 3 N–H and O–H groups in total. The Morgan fingerprint density at radius 3 is 2.50 bits per heavy atom. The topological polar surface area (TPSA) is 69.9 Å². The number of ether oxygens (including phenoxy) is 1. The Morgan fingerprint density at radius 2 is 1.92 bits per heavy atom. The maximum atomic E-state index is 10.1. The van der Waals surface area contributed by atoms with Gasteiger partial charge in [0.2, 0.25) is 0 Å². The van der Waals surface area contributed by atoms with Gasteiger partial charge in [0.1, 0.15) is 0 Å². The highest BCUT2D eigenvalue weighted by atomic mass is 16.5. The van der Waals surface area contributed by atoms with E-state index in [0.29, 0.717) is 12.3 Å². The van der Waals surface area contributed by atoms with Crippen LogP contribution in [-0.2, 0) is 4.74 Å². The molecule has 0 saturated carbocycles. The summed E-state index contributed by atoms with van der Waals surface area (Å²) in [4.78, 5) is 0. The number of aliphatic hydroxyl groups is 3. The van der Waals surface area contributed by atoms with E-state index in [-0.39, 0.29) is 30.7 Å². The van der Waals surface area contributed by atoms with Crippen LogP contribution in [-0.4, -0.2) is 45.8 Å². The summed E-state index contributed by atoms with van der Waals surface area (Å²) < 4.78 is 6.34. The monoisotopic (exact) mass is 366 g/mol. The van der Waals surface area contributed by atoms with Crippen LogP contribution in [0.5, 0.6) is 0 Å². The standard InChI is InChI=1S/C22H38O4/c1-15(2)8-7-9-21-18(5)13-22(6,26-21)12-17(4)16(3)10-19(24)11-20(25)14-23/h7,9,16,18-21,23-25H,1,4,8,10-14H2,2-3,5-6H3. The van der Waals surface area contributed by atoms with E-state index in [2.05, 4.69) is 39.2 Å². The van der Waals surface area contributed by atoms with Gasteiger partial charge in [-0.05, 0) is 51.4 Å². The van der Waals surface area contributed by atoms with Crippen molar-refractivity contribution < 1.29 is 20.1 Å². The molecule has 0 spiro atoms. The summed E-state index contributed by atoms with van der Waals surface area (Å²) in [6.07, 6.45) is 6.24. The van der Waals surface area contributed by atoms with Crippen molar-refractivity contribution in [3.8, 4) is 0 Å². The molecule has 0 aromatic rings. The zero-order valence-corrected chi connectivity index (χ0v) is 16.9. The van der Waals surface area contributed by atoms with Gasteiger partial charge in [0.05, 0.1) is 30.5 Å². The molecular weight excluding hydrogens is 328 g/mol. The minimum atomic E-state index is -0.867. The Kier molecular flexibility index (Phi) is 9.25. The summed E-state index contributed by atoms with van der Waals surface area (Å²) >= 11 is 0. The van der Waals surface area contributed by atoms with E-state index >= 15 is 0 Å². The molecule has 6 atom stereocenters. The van der Waals surface area contributed by atoms with Crippen molar-refractivity contribution in [2.45, 2.75) is 83.7 Å². The zero-order valence-electron chi connectivity index (χ0n) is 16.9. The van der Waals surface area contributed by atoms with Gasteiger partial charge in [0.15, 0.2) is 0 Å². The fourth-order valence-corrected chi connectivity index (χ4v) is 3.75. The molecule has 1 rings (SSSR count). The van der Waals surface area contributed by atoms with Gasteiger partial charge in [0.25, 0.3) is 0 Å². The predicted molar refractivity (Wildman–Crippen MR) is 107 cm³/mol. The average molecular weight is 367 g/mol. The van der Waals surface area contributed by atoms with Crippen LogP contribution in [0.4, 0.5) is 0 Å². The second-order valence-corrected chi connectivity index (χ2v) is 8.50. The summed E-state index contributed by atoms with van der Waals surface area (Å²) in [5, 5.41) is 28.4. The Morgan fingerprint density at radius 1 is 1.27 bits per heavy atom. The molecule has 4 heteroatoms. The molecule has 1 heterocycles. The number of hydrogen-bond donors (Lipinski definition) is 3. The van der Waals surface area contributed by atoms with Crippen LogP contribution in [0.3, 0.4) is 0 Å². The fourth-order valence-electron chi connectivity index (χ4n) is 3.75. The van der Waals surface area contributed by atoms with E-state index < -0.39 is 12.2 Å². The third kappa shape index (κ3) is 7.75. The molecule has 1 fully saturated rings. The second-order valence-electron chi connectivity index (χ2n) is 8.50. The molecule has 6 unspecified atom stereocenters. The summed E-state index contributed by atoms with van der Waals surface area (Å²) in [6, 6.07) is 0. The van der Waals surface area contributed by atoms with Gasteiger partial charge in [-0.15, -0.1) is 0 Å². The summed E-state index contributed by atoms with van der Waals surface area (Å²) in [6.45, 7) is 16.2. The van der Waals surface area contributed by atoms with E-state index in [1.54, 1.807) is 0 Å². The lowest BCUT2D eigenvalue weighted by molar-refractivity contribution is -0.0138. The third-order valence-electron chi connectivity index (χ3n) is 5.21. The Balaban J connectivity index is 2.54. The van der Waals surface area contributed by atoms with Gasteiger partial charge < -0.3 is 20.1 Å². The van der Waals surface area contributed by atoms with Crippen molar-refractivity contribution >= 4 is 0 Å². The Bertz CT molecular complexity index is 498. The molecular formula is C22H38O4. The van der Waals surface area contributed by atoms with E-state index in [1.807, 2.05) is 13.8 Å². The van der Waals surface area contributed by atoms with Crippen molar-refractivity contribution in [3.63, 3.8) is 0 Å². The van der Waals surface area contributed by atoms with Crippen LogP contribution >= 0.6 is 0 Å². The van der Waals surface area contributed by atoms with Gasteiger partial charge in [-0.3, -0.25) is 0 Å². The number of allylic oxidation sites excluding steroid dienone is 2. The summed E-state index contributed by atoms with van der Waals surface area (Å²) in [7, 11) is 0. The molecule has 0 aromatic carbocycles. The molecule has 0 aliphatic carbocycles. The van der Waals surface area contributed by atoms with Crippen LogP contribution in [0.1, 0.15) is 59.8 Å². The fraction of sp³-hybridized carbons (Fsp3) is 0.727. The lowest BCUT2D eigenvalue weighted by Gasteiger charge is -2.28. The Hall–Kier alpha value is -0.940. The number of aliphatic hydroxyl groups excluding tert-OH is 3. The minimum Gasteiger partial charge on any atom is -0.394 e. The molecule has 26 heavy (non-hydrogen) atoms. The van der Waals surface area contributed by atoms with Gasteiger partial charge >= 0.3 is 0 Å². The van der Waals surface area contributed by atoms with Crippen LogP contribution in [0, 0.1) is 11.8 Å². The van der Waals surface area contributed by atoms with Gasteiger partial charge in [-0.25, -0.2) is 0 Å². The minimum absolute atomic E-state index is 0.118. The number of hydrogen-bond acceptors (Lipinski definition) is 4. The van der Waals surface area contributed by atoms with Crippen molar-refractivity contribution in [1.82, 2.24) is 0 Å². The van der Waals surface area contributed by atoms with Gasteiger partial charge in [-0.1, -0.05) is 50.3 Å². The molecule has 0 bridgehead atoms. The zero-order chi connectivity index (χ0) is 19.9. The highest BCUT2D eigenvalue weighted by Gasteiger charge is 2.40. The van der Waals surface area contributed by atoms with Crippen molar-refractivity contribution in [1.29, 1.82) is 0 Å². The van der Waals surface area contributed by atoms with E-state index in [1.165, 1.54) is 0 Å². The first-order chi connectivity index (χ1) is 12.1. The first-order valence-electron chi connectivity index (χ1n) is 9.69. The van der Waals surface area contributed by atoms with Gasteiger partial charge in [-0.2, -0.15) is 0 Å². The molecule has 1 saturated heterocycles. The lowest BCUT2D eigenvalue weighted by atomic mass is 9.83. The summed E-state index contributed by atoms with van der Waals surface area (Å²) in [5.74, 6) is 0.583. The first kappa shape index (κ1) is 23.1. The molecule has 4 nitrogen and oxygen atoms in total. The largest absolute Gasteiger partial charge is 0.394 e. The van der Waals surface area contributed by atoms with E-state index in [4.69, 9.17) is 9.84 Å². The highest BCUT2D eigenvalue weighted by Crippen LogP contribution is 2.40. The molecule has 1 aliphatic heterocycles. The van der Waals surface area contributed by atoms with Crippen LogP contribution in [0.2, 0.25) is 0 Å². The normalized spacial score (nSPS) is 29.7. The number of rotatable bonds is 11. The highest BCUT2D eigenvalue weighted by molar-refractivity contribution is 5.10. The van der Waals surface area contributed by atoms with Crippen LogP contribution in [0.15, 0.2) is 36.5 Å². The lowest BCUT2D eigenvalue weighted by Crippen LogP contribution is -2.28. The Labute approximate surface area is 159 Å². The van der Waals surface area contributed by atoms with Crippen molar-refractivity contribution in [2.24, 2.45) is 11.8 Å². The first-order valence-corrected chi connectivity index (χ1v) is 9.69. The van der Waals surface area contributed by atoms with Gasteiger partial charge in [0, 0.05) is 6.42 Å². The molecule has 150 valence electrons. The third-order valence-corrected chi connectivity index (χ3v) is 5.21. The smallest absolute Gasteiger partial charge is 0.0795 e. The van der Waals surface area contributed by atoms with E-state index in [9.17, 15) is 10.2 Å². The maximum absolute atomic E-state index is 10.1. The molecule has 0 amide bonds.